The molecule has 0 spiro atoms. The molecule has 0 aromatic heterocycles. The summed E-state index contributed by atoms with van der Waals surface area (Å²) < 4.78 is 5.63. The fourth-order valence-corrected chi connectivity index (χ4v) is 4.54. The van der Waals surface area contributed by atoms with Gasteiger partial charge in [-0.1, -0.05) is 30.3 Å². The van der Waals surface area contributed by atoms with Gasteiger partial charge in [0.2, 0.25) is 0 Å². The molecule has 2 aromatic carbocycles. The van der Waals surface area contributed by atoms with Gasteiger partial charge in [-0.15, -0.1) is 0 Å². The summed E-state index contributed by atoms with van der Waals surface area (Å²) in [6, 6.07) is 14.3. The molecule has 2 aromatic rings. The molecule has 2 atom stereocenters. The molecule has 1 radical (unpaired) electrons. The van der Waals surface area contributed by atoms with E-state index in [1.54, 1.807) is 7.11 Å². The van der Waals surface area contributed by atoms with Crippen LogP contribution < -0.4 is 4.74 Å². The maximum atomic E-state index is 5.63. The van der Waals surface area contributed by atoms with Gasteiger partial charge in [0.05, 0.1) is 7.11 Å². The number of hydrogen-bond donors (Lipinski definition) is 0. The van der Waals surface area contributed by atoms with Crippen LogP contribution >= 0.6 is 0 Å². The Labute approximate surface area is 170 Å². The molecule has 3 heteroatoms. The fourth-order valence-electron chi connectivity index (χ4n) is 4.54. The largest absolute Gasteiger partial charge is 0.496 e. The van der Waals surface area contributed by atoms with Crippen LogP contribution in [0.15, 0.2) is 36.4 Å². The fraction of sp³-hybridized carbons (Fsp3) is 0.429. The number of rotatable bonds is 1. The van der Waals surface area contributed by atoms with Crippen molar-refractivity contribution in [2.24, 2.45) is 0 Å². The first-order valence-electron chi connectivity index (χ1n) is 8.64. The van der Waals surface area contributed by atoms with Gasteiger partial charge in [0.25, 0.3) is 0 Å². The summed E-state index contributed by atoms with van der Waals surface area (Å²) in [7, 11) is 4.07. The van der Waals surface area contributed by atoms with E-state index >= 15 is 0 Å². The molecule has 0 amide bonds. The normalized spacial score (nSPS) is 22.5. The van der Waals surface area contributed by atoms with E-state index in [1.165, 1.54) is 40.7 Å². The Bertz CT molecular complexity index is 743. The van der Waals surface area contributed by atoms with Crippen LogP contribution in [0.3, 0.4) is 0 Å². The number of nitrogens with zero attached hydrogens (tertiary/aromatic N) is 1. The van der Waals surface area contributed by atoms with E-state index in [4.69, 9.17) is 4.74 Å². The summed E-state index contributed by atoms with van der Waals surface area (Å²) in [5.41, 5.74) is 7.27. The van der Waals surface area contributed by atoms with E-state index in [1.807, 2.05) is 0 Å². The average molecular weight is 396 g/mol. The Kier molecular flexibility index (Phi) is 5.49. The van der Waals surface area contributed by atoms with Crippen LogP contribution in [0, 0.1) is 6.92 Å². The number of aryl methyl sites for hydroxylation is 2. The van der Waals surface area contributed by atoms with Crippen LogP contribution in [-0.2, 0) is 45.6 Å². The Hall–Kier alpha value is -0.696. The summed E-state index contributed by atoms with van der Waals surface area (Å²) >= 11 is 0. The van der Waals surface area contributed by atoms with Crippen LogP contribution in [-0.4, -0.2) is 31.6 Å². The van der Waals surface area contributed by atoms with Crippen molar-refractivity contribution < 1.29 is 37.4 Å². The van der Waals surface area contributed by atoms with Gasteiger partial charge in [0.15, 0.2) is 0 Å². The van der Waals surface area contributed by atoms with Gasteiger partial charge >= 0.3 is 0 Å². The second-order valence-electron chi connectivity index (χ2n) is 7.03. The van der Waals surface area contributed by atoms with Crippen LogP contribution in [0.4, 0.5) is 0 Å². The first-order valence-corrected chi connectivity index (χ1v) is 8.64. The first-order chi connectivity index (χ1) is 11.2. The third-order valence-electron chi connectivity index (χ3n) is 5.78. The van der Waals surface area contributed by atoms with E-state index in [2.05, 4.69) is 55.3 Å². The molecule has 1 aliphatic carbocycles. The second kappa shape index (κ2) is 7.27. The zero-order valence-corrected chi connectivity index (χ0v) is 17.7. The van der Waals surface area contributed by atoms with Gasteiger partial charge in [-0.25, -0.2) is 0 Å². The Morgan fingerprint density at radius 2 is 1.83 bits per heavy atom. The van der Waals surface area contributed by atoms with Crippen molar-refractivity contribution in [2.45, 2.75) is 38.1 Å². The van der Waals surface area contributed by atoms with Gasteiger partial charge < -0.3 is 9.64 Å². The SMILES string of the molecule is COc1cc2c(cc1C)CCN(C)[C@H]1CCc3ccccc3[C@H]21.[Y]. The number of fused-ring (bicyclic) bond motifs is 5. The molecule has 0 saturated heterocycles. The zero-order chi connectivity index (χ0) is 16.0. The van der Waals surface area contributed by atoms with E-state index in [0.29, 0.717) is 12.0 Å². The second-order valence-corrected chi connectivity index (χ2v) is 7.03. The molecule has 24 heavy (non-hydrogen) atoms. The third kappa shape index (κ3) is 2.98. The molecule has 0 unspecified atom stereocenters. The number of benzene rings is 2. The maximum Gasteiger partial charge on any atom is 0.122 e. The number of likely N-dealkylation sites (N-methyl/N-ethyl adjacent to an activating group) is 1. The summed E-state index contributed by atoms with van der Waals surface area (Å²) in [5.74, 6) is 1.49. The molecule has 2 aliphatic rings. The number of methoxy groups -OCH3 is 1. The smallest absolute Gasteiger partial charge is 0.122 e. The Morgan fingerprint density at radius 3 is 2.62 bits per heavy atom. The topological polar surface area (TPSA) is 12.5 Å². The molecule has 123 valence electrons. The molecule has 1 aliphatic heterocycles. The molecular formula is C21H25NOY. The Balaban J connectivity index is 0.00000169. The van der Waals surface area contributed by atoms with Crippen molar-refractivity contribution in [1.29, 1.82) is 0 Å². The predicted molar refractivity (Wildman–Crippen MR) is 94.5 cm³/mol. The van der Waals surface area contributed by atoms with Crippen LogP contribution in [0.2, 0.25) is 0 Å². The van der Waals surface area contributed by atoms with Gasteiger partial charge in [-0.3, -0.25) is 0 Å². The minimum Gasteiger partial charge on any atom is -0.496 e. The van der Waals surface area contributed by atoms with Gasteiger partial charge in [-0.2, -0.15) is 0 Å². The zero-order valence-electron chi connectivity index (χ0n) is 14.9. The monoisotopic (exact) mass is 396 g/mol. The van der Waals surface area contributed by atoms with Crippen molar-refractivity contribution in [3.63, 3.8) is 0 Å². The quantitative estimate of drug-likeness (QED) is 0.724. The molecular weight excluding hydrogens is 371 g/mol. The van der Waals surface area contributed by atoms with Crippen molar-refractivity contribution in [3.8, 4) is 5.75 Å². The minimum absolute atomic E-state index is 0. The van der Waals surface area contributed by atoms with E-state index in [0.717, 1.165) is 18.7 Å². The maximum absolute atomic E-state index is 5.63. The minimum atomic E-state index is 0. The van der Waals surface area contributed by atoms with Gasteiger partial charge in [-0.05, 0) is 67.1 Å². The molecule has 0 N–H and O–H groups in total. The summed E-state index contributed by atoms with van der Waals surface area (Å²) in [5, 5.41) is 0. The predicted octanol–water partition coefficient (Wildman–Crippen LogP) is 3.94. The van der Waals surface area contributed by atoms with Gasteiger partial charge in [0, 0.05) is 51.2 Å². The Morgan fingerprint density at radius 1 is 1.04 bits per heavy atom. The molecule has 0 fully saturated rings. The number of ether oxygens (including phenoxy) is 1. The van der Waals surface area contributed by atoms with Gasteiger partial charge in [0.1, 0.15) is 5.75 Å². The molecule has 0 bridgehead atoms. The van der Waals surface area contributed by atoms with E-state index in [-0.39, 0.29) is 32.7 Å². The van der Waals surface area contributed by atoms with Crippen LogP contribution in [0.25, 0.3) is 0 Å². The van der Waals surface area contributed by atoms with Crippen molar-refractivity contribution in [3.05, 3.63) is 64.2 Å². The first kappa shape index (κ1) is 18.1. The van der Waals surface area contributed by atoms with Crippen molar-refractivity contribution in [1.82, 2.24) is 4.90 Å². The molecule has 2 nitrogen and oxygen atoms in total. The van der Waals surface area contributed by atoms with Crippen molar-refractivity contribution in [2.75, 3.05) is 20.7 Å². The number of hydrogen-bond acceptors (Lipinski definition) is 2. The average Bonchev–Trinajstić information content (AvgIpc) is 2.71. The summed E-state index contributed by atoms with van der Waals surface area (Å²) in [4.78, 5) is 2.57. The third-order valence-corrected chi connectivity index (χ3v) is 5.78. The molecule has 1 heterocycles. The van der Waals surface area contributed by atoms with E-state index in [9.17, 15) is 0 Å². The van der Waals surface area contributed by atoms with Crippen molar-refractivity contribution >= 4 is 0 Å². The van der Waals surface area contributed by atoms with Crippen LogP contribution in [0.1, 0.15) is 40.2 Å². The van der Waals surface area contributed by atoms with Crippen LogP contribution in [0.5, 0.6) is 5.75 Å². The standard InChI is InChI=1S/C21H25NO.Y/c1-14-12-16-10-11-22(2)19-9-8-15-6-4-5-7-17(15)21(19)18(16)13-20(14)23-3;/h4-7,12-13,19,21H,8-11H2,1-3H3;/t19-,21+;/m0./s1. The molecule has 4 rings (SSSR count). The summed E-state index contributed by atoms with van der Waals surface area (Å²) in [6.07, 6.45) is 3.57. The molecule has 0 saturated carbocycles. The van der Waals surface area contributed by atoms with E-state index < -0.39 is 0 Å². The summed E-state index contributed by atoms with van der Waals surface area (Å²) in [6.45, 7) is 3.29.